The normalized spacial score (nSPS) is 19.2. The second-order valence-corrected chi connectivity index (χ2v) is 5.11. The summed E-state index contributed by atoms with van der Waals surface area (Å²) in [7, 11) is 1.80. The van der Waals surface area contributed by atoms with Crippen molar-refractivity contribution in [3.63, 3.8) is 0 Å². The van der Waals surface area contributed by atoms with Crippen molar-refractivity contribution in [2.45, 2.75) is 24.6 Å². The van der Waals surface area contributed by atoms with Gasteiger partial charge in [-0.15, -0.1) is 0 Å². The fourth-order valence-electron chi connectivity index (χ4n) is 1.88. The van der Waals surface area contributed by atoms with E-state index >= 15 is 0 Å². The van der Waals surface area contributed by atoms with Gasteiger partial charge < -0.3 is 9.64 Å². The molecule has 0 fully saturated rings. The van der Waals surface area contributed by atoms with Crippen molar-refractivity contribution in [3.8, 4) is 0 Å². The number of cyclic esters (lactones) is 1. The number of carbonyl (C=O) groups excluding carboxylic acids is 1. The summed E-state index contributed by atoms with van der Waals surface area (Å²) < 4.78 is 5.36. The van der Waals surface area contributed by atoms with Crippen LogP contribution in [0, 0.1) is 0 Å². The lowest BCUT2D eigenvalue weighted by molar-refractivity contribution is -0.147. The highest BCUT2D eigenvalue weighted by Crippen LogP contribution is 2.37. The highest BCUT2D eigenvalue weighted by molar-refractivity contribution is 7.98. The number of esters is 1. The van der Waals surface area contributed by atoms with Crippen molar-refractivity contribution >= 4 is 35.1 Å². The van der Waals surface area contributed by atoms with Crippen LogP contribution < -0.4 is 4.90 Å². The quantitative estimate of drug-likeness (QED) is 0.360. The molecule has 1 aromatic rings. The summed E-state index contributed by atoms with van der Waals surface area (Å²) in [6.07, 6.45) is 2.16. The van der Waals surface area contributed by atoms with Crippen molar-refractivity contribution < 1.29 is 9.53 Å². The highest BCUT2D eigenvalue weighted by Gasteiger charge is 2.30. The van der Waals surface area contributed by atoms with Gasteiger partial charge in [-0.05, 0) is 12.7 Å². The molecule has 0 saturated heterocycles. The first-order chi connectivity index (χ1) is 8.56. The van der Waals surface area contributed by atoms with Crippen molar-refractivity contribution in [2.24, 2.45) is 0 Å². The number of ether oxygens (including phenoxy) is 1. The van der Waals surface area contributed by atoms with Gasteiger partial charge in [-0.1, -0.05) is 30.3 Å². The van der Waals surface area contributed by atoms with E-state index in [2.05, 4.69) is 9.97 Å². The number of hydrogen-bond acceptors (Lipinski definition) is 6. The van der Waals surface area contributed by atoms with E-state index in [1.807, 2.05) is 13.2 Å². The first-order valence-corrected chi connectivity index (χ1v) is 7.19. The SMILES string of the molecule is CCC1OC(=O)CN(C)c2nc(SC)nc(Cl)c21. The topological polar surface area (TPSA) is 55.3 Å². The number of thioether (sulfide) groups is 1. The first kappa shape index (κ1) is 13.4. The van der Waals surface area contributed by atoms with Crippen LogP contribution in [-0.2, 0) is 9.53 Å². The molecule has 7 heteroatoms. The van der Waals surface area contributed by atoms with Gasteiger partial charge in [0.05, 0.1) is 5.56 Å². The molecule has 0 N–H and O–H groups in total. The van der Waals surface area contributed by atoms with Gasteiger partial charge in [-0.3, -0.25) is 4.79 Å². The standard InChI is InChI=1S/C11H14ClN3O2S/c1-4-6-8-9(12)13-11(18-3)14-10(8)15(2)5-7(16)17-6/h6H,4-5H2,1-3H3. The molecule has 1 aliphatic rings. The highest BCUT2D eigenvalue weighted by atomic mass is 35.5. The van der Waals surface area contributed by atoms with Crippen LogP contribution >= 0.6 is 23.4 Å². The molecule has 0 spiro atoms. The Morgan fingerprint density at radius 1 is 1.56 bits per heavy atom. The summed E-state index contributed by atoms with van der Waals surface area (Å²) in [5, 5.41) is 0.951. The van der Waals surface area contributed by atoms with Gasteiger partial charge in [0, 0.05) is 7.05 Å². The molecule has 0 bridgehead atoms. The van der Waals surface area contributed by atoms with Gasteiger partial charge in [-0.2, -0.15) is 0 Å². The number of carbonyl (C=O) groups is 1. The van der Waals surface area contributed by atoms with E-state index in [4.69, 9.17) is 16.3 Å². The summed E-state index contributed by atoms with van der Waals surface area (Å²) >= 11 is 7.62. The number of likely N-dealkylation sites (N-methyl/N-ethyl adjacent to an activating group) is 1. The number of anilines is 1. The molecule has 2 heterocycles. The van der Waals surface area contributed by atoms with Crippen molar-refractivity contribution in [1.82, 2.24) is 9.97 Å². The molecule has 0 radical (unpaired) electrons. The molecule has 0 saturated carbocycles. The molecule has 1 aromatic heterocycles. The number of nitrogens with zero attached hydrogens (tertiary/aromatic N) is 3. The van der Waals surface area contributed by atoms with Crippen molar-refractivity contribution in [2.75, 3.05) is 24.7 Å². The predicted octanol–water partition coefficient (Wildman–Crippen LogP) is 2.30. The lowest BCUT2D eigenvalue weighted by Crippen LogP contribution is -2.25. The number of hydrogen-bond donors (Lipinski definition) is 0. The molecule has 1 atom stereocenters. The third-order valence-corrected chi connectivity index (χ3v) is 3.57. The smallest absolute Gasteiger partial charge is 0.326 e. The molecule has 98 valence electrons. The molecular formula is C11H14ClN3O2S. The number of rotatable bonds is 2. The molecule has 18 heavy (non-hydrogen) atoms. The summed E-state index contributed by atoms with van der Waals surface area (Å²) in [5.74, 6) is 0.404. The van der Waals surface area contributed by atoms with Gasteiger partial charge in [-0.25, -0.2) is 9.97 Å². The van der Waals surface area contributed by atoms with E-state index in [-0.39, 0.29) is 18.6 Å². The molecule has 1 aliphatic heterocycles. The zero-order chi connectivity index (χ0) is 13.3. The Hall–Kier alpha value is -1.01. The molecule has 1 unspecified atom stereocenters. The molecule has 0 aliphatic carbocycles. The van der Waals surface area contributed by atoms with Crippen LogP contribution in [0.5, 0.6) is 0 Å². The fraction of sp³-hybridized carbons (Fsp3) is 0.545. The minimum absolute atomic E-state index is 0.171. The largest absolute Gasteiger partial charge is 0.456 e. The van der Waals surface area contributed by atoms with Gasteiger partial charge >= 0.3 is 5.97 Å². The molecular weight excluding hydrogens is 274 g/mol. The van der Waals surface area contributed by atoms with E-state index in [0.717, 1.165) is 0 Å². The average molecular weight is 288 g/mol. The Balaban J connectivity index is 2.59. The first-order valence-electron chi connectivity index (χ1n) is 5.58. The van der Waals surface area contributed by atoms with Crippen LogP contribution in [0.25, 0.3) is 0 Å². The van der Waals surface area contributed by atoms with Crippen LogP contribution in [0.3, 0.4) is 0 Å². The van der Waals surface area contributed by atoms with Crippen LogP contribution in [0.4, 0.5) is 5.82 Å². The summed E-state index contributed by atoms with van der Waals surface area (Å²) in [6.45, 7) is 2.11. The lowest BCUT2D eigenvalue weighted by Gasteiger charge is -2.19. The Morgan fingerprint density at radius 3 is 2.89 bits per heavy atom. The van der Waals surface area contributed by atoms with E-state index in [9.17, 15) is 4.79 Å². The zero-order valence-corrected chi connectivity index (χ0v) is 12.0. The minimum Gasteiger partial charge on any atom is -0.456 e. The van der Waals surface area contributed by atoms with Gasteiger partial charge in [0.1, 0.15) is 23.6 Å². The van der Waals surface area contributed by atoms with E-state index < -0.39 is 0 Å². The molecule has 0 aromatic carbocycles. The van der Waals surface area contributed by atoms with Gasteiger partial charge in [0.2, 0.25) is 0 Å². The number of halogens is 1. The molecule has 0 amide bonds. The van der Waals surface area contributed by atoms with Crippen molar-refractivity contribution in [1.29, 1.82) is 0 Å². The summed E-state index contributed by atoms with van der Waals surface area (Å²) in [6, 6.07) is 0. The maximum atomic E-state index is 11.6. The van der Waals surface area contributed by atoms with Crippen LogP contribution in [-0.4, -0.2) is 35.8 Å². The predicted molar refractivity (Wildman–Crippen MR) is 71.2 cm³/mol. The maximum Gasteiger partial charge on any atom is 0.326 e. The Labute approximate surface area is 115 Å². The Bertz CT molecular complexity index is 484. The van der Waals surface area contributed by atoms with Crippen LogP contribution in [0.1, 0.15) is 25.0 Å². The monoisotopic (exact) mass is 287 g/mol. The summed E-state index contributed by atoms with van der Waals surface area (Å²) in [4.78, 5) is 22.0. The van der Waals surface area contributed by atoms with Crippen LogP contribution in [0.2, 0.25) is 5.15 Å². The Morgan fingerprint density at radius 2 is 2.28 bits per heavy atom. The third kappa shape index (κ3) is 2.40. The minimum atomic E-state index is -0.374. The van der Waals surface area contributed by atoms with Crippen molar-refractivity contribution in [3.05, 3.63) is 10.7 Å². The van der Waals surface area contributed by atoms with E-state index in [1.165, 1.54) is 11.8 Å². The maximum absolute atomic E-state index is 11.6. The van der Waals surface area contributed by atoms with Gasteiger partial charge in [0.15, 0.2) is 5.16 Å². The number of fused-ring (bicyclic) bond motifs is 1. The van der Waals surface area contributed by atoms with E-state index in [1.54, 1.807) is 11.9 Å². The zero-order valence-electron chi connectivity index (χ0n) is 10.4. The summed E-state index contributed by atoms with van der Waals surface area (Å²) in [5.41, 5.74) is 0.699. The average Bonchev–Trinajstić information content (AvgIpc) is 2.46. The second kappa shape index (κ2) is 5.32. The third-order valence-electron chi connectivity index (χ3n) is 2.74. The van der Waals surface area contributed by atoms with Gasteiger partial charge in [0.25, 0.3) is 0 Å². The fourth-order valence-corrected chi connectivity index (χ4v) is 2.58. The lowest BCUT2D eigenvalue weighted by atomic mass is 10.1. The molecule has 2 rings (SSSR count). The van der Waals surface area contributed by atoms with E-state index in [0.29, 0.717) is 28.1 Å². The number of aromatic nitrogens is 2. The van der Waals surface area contributed by atoms with Crippen LogP contribution in [0.15, 0.2) is 5.16 Å². The second-order valence-electron chi connectivity index (χ2n) is 3.98. The Kier molecular flexibility index (Phi) is 3.97. The molecule has 5 nitrogen and oxygen atoms in total.